The van der Waals surface area contributed by atoms with Crippen LogP contribution in [0.2, 0.25) is 5.02 Å². The number of aromatic carboxylic acids is 1. The summed E-state index contributed by atoms with van der Waals surface area (Å²) in [5.41, 5.74) is 0.0835. The first-order valence-corrected chi connectivity index (χ1v) is 6.75. The number of carbonyl (C=O) groups excluding carboxylic acids is 1. The summed E-state index contributed by atoms with van der Waals surface area (Å²) in [4.78, 5) is 24.7. The second-order valence-corrected chi connectivity index (χ2v) is 4.93. The predicted octanol–water partition coefficient (Wildman–Crippen LogP) is 3.05. The Kier molecular flexibility index (Phi) is 6.00. The van der Waals surface area contributed by atoms with Gasteiger partial charge in [0.25, 0.3) is 0 Å². The van der Waals surface area contributed by atoms with E-state index in [1.807, 2.05) is 0 Å². The van der Waals surface area contributed by atoms with Crippen molar-refractivity contribution in [3.63, 3.8) is 0 Å². The van der Waals surface area contributed by atoms with Crippen molar-refractivity contribution in [2.45, 2.75) is 13.8 Å². The second kappa shape index (κ2) is 7.50. The number of hydrogen-bond donors (Lipinski definition) is 2. The van der Waals surface area contributed by atoms with Crippen molar-refractivity contribution in [2.75, 3.05) is 18.4 Å². The number of halogens is 1. The second-order valence-electron chi connectivity index (χ2n) is 4.49. The van der Waals surface area contributed by atoms with Crippen LogP contribution in [0.3, 0.4) is 0 Å². The molecule has 6 nitrogen and oxygen atoms in total. The molecule has 0 saturated carbocycles. The number of carbonyl (C=O) groups is 2. The van der Waals surface area contributed by atoms with E-state index in [0.717, 1.165) is 0 Å². The van der Waals surface area contributed by atoms with E-state index >= 15 is 0 Å². The molecule has 2 N–H and O–H groups in total. The Labute approximate surface area is 127 Å². The first-order chi connectivity index (χ1) is 9.88. The molecule has 0 aliphatic rings. The average molecular weight is 310 g/mol. The lowest BCUT2D eigenvalue weighted by atomic mass is 10.1. The van der Waals surface area contributed by atoms with Crippen LogP contribution in [0.5, 0.6) is 0 Å². The number of benzene rings is 1. The highest BCUT2D eigenvalue weighted by Crippen LogP contribution is 2.21. The van der Waals surface area contributed by atoms with E-state index in [1.54, 1.807) is 13.8 Å². The molecule has 1 atom stereocenters. The minimum atomic E-state index is -1.16. The molecule has 0 spiro atoms. The number of urea groups is 1. The molecule has 1 unspecified atom stereocenters. The van der Waals surface area contributed by atoms with Gasteiger partial charge in [0.2, 0.25) is 0 Å². The Morgan fingerprint density at radius 1 is 1.52 bits per heavy atom. The third-order valence-corrected chi connectivity index (χ3v) is 3.07. The Morgan fingerprint density at radius 3 is 2.71 bits per heavy atom. The highest BCUT2D eigenvalue weighted by atomic mass is 35.5. The summed E-state index contributed by atoms with van der Waals surface area (Å²) in [5, 5.41) is 20.7. The lowest BCUT2D eigenvalue weighted by Crippen LogP contribution is -2.37. The summed E-state index contributed by atoms with van der Waals surface area (Å²) in [5.74, 6) is -1.47. The lowest BCUT2D eigenvalue weighted by Gasteiger charge is -2.22. The summed E-state index contributed by atoms with van der Waals surface area (Å²) in [7, 11) is 0. The molecule has 0 bridgehead atoms. The number of amides is 2. The summed E-state index contributed by atoms with van der Waals surface area (Å²) in [6.07, 6.45) is 0. The number of rotatable bonds is 5. The molecule has 112 valence electrons. The van der Waals surface area contributed by atoms with Crippen molar-refractivity contribution in [1.29, 1.82) is 5.26 Å². The molecule has 0 aliphatic carbocycles. The molecule has 21 heavy (non-hydrogen) atoms. The summed E-state index contributed by atoms with van der Waals surface area (Å²) >= 11 is 5.82. The molecule has 2 amide bonds. The molecule has 0 saturated heterocycles. The topological polar surface area (TPSA) is 93.4 Å². The van der Waals surface area contributed by atoms with Gasteiger partial charge in [0.1, 0.15) is 0 Å². The van der Waals surface area contributed by atoms with Crippen LogP contribution in [-0.2, 0) is 0 Å². The molecular weight excluding hydrogens is 294 g/mol. The minimum absolute atomic E-state index is 0.0443. The Morgan fingerprint density at radius 2 is 2.19 bits per heavy atom. The van der Waals surface area contributed by atoms with Crippen molar-refractivity contribution < 1.29 is 14.7 Å². The number of hydrogen-bond acceptors (Lipinski definition) is 3. The normalized spacial score (nSPS) is 11.3. The monoisotopic (exact) mass is 309 g/mol. The smallest absolute Gasteiger partial charge is 0.337 e. The van der Waals surface area contributed by atoms with Gasteiger partial charge < -0.3 is 15.3 Å². The van der Waals surface area contributed by atoms with E-state index in [0.29, 0.717) is 11.6 Å². The quantitative estimate of drug-likeness (QED) is 0.874. The maximum Gasteiger partial charge on any atom is 0.337 e. The number of nitriles is 1. The van der Waals surface area contributed by atoms with Crippen molar-refractivity contribution >= 4 is 29.3 Å². The largest absolute Gasteiger partial charge is 0.478 e. The Bertz CT molecular complexity index is 583. The van der Waals surface area contributed by atoms with Gasteiger partial charge in [0, 0.05) is 18.1 Å². The highest BCUT2D eigenvalue weighted by molar-refractivity contribution is 6.31. The summed E-state index contributed by atoms with van der Waals surface area (Å²) < 4.78 is 0. The van der Waals surface area contributed by atoms with E-state index < -0.39 is 12.0 Å². The molecule has 7 heteroatoms. The molecule has 0 aromatic heterocycles. The molecule has 0 radical (unpaired) electrons. The zero-order chi connectivity index (χ0) is 16.0. The van der Waals surface area contributed by atoms with Crippen LogP contribution >= 0.6 is 11.6 Å². The lowest BCUT2D eigenvalue weighted by molar-refractivity contribution is 0.0698. The van der Waals surface area contributed by atoms with E-state index in [9.17, 15) is 9.59 Å². The fourth-order valence-corrected chi connectivity index (χ4v) is 1.90. The molecule has 1 aromatic carbocycles. The third-order valence-electron chi connectivity index (χ3n) is 2.84. The van der Waals surface area contributed by atoms with Crippen molar-refractivity contribution in [1.82, 2.24) is 4.90 Å². The average Bonchev–Trinajstić information content (AvgIpc) is 2.43. The van der Waals surface area contributed by atoms with Gasteiger partial charge in [-0.25, -0.2) is 9.59 Å². The van der Waals surface area contributed by atoms with Gasteiger partial charge in [0.05, 0.1) is 23.2 Å². The minimum Gasteiger partial charge on any atom is -0.478 e. The van der Waals surface area contributed by atoms with Crippen LogP contribution in [-0.4, -0.2) is 35.1 Å². The fraction of sp³-hybridized carbons (Fsp3) is 0.357. The molecular formula is C14H16ClN3O3. The Hall–Kier alpha value is -2.26. The fourth-order valence-electron chi connectivity index (χ4n) is 1.73. The van der Waals surface area contributed by atoms with Crippen molar-refractivity contribution in [2.24, 2.45) is 5.92 Å². The van der Waals surface area contributed by atoms with Crippen LogP contribution in [0, 0.1) is 17.2 Å². The van der Waals surface area contributed by atoms with Gasteiger partial charge in [-0.05, 0) is 32.0 Å². The van der Waals surface area contributed by atoms with Gasteiger partial charge in [-0.3, -0.25) is 0 Å². The number of anilines is 1. The van der Waals surface area contributed by atoms with Gasteiger partial charge in [-0.1, -0.05) is 11.6 Å². The maximum atomic E-state index is 12.2. The van der Waals surface area contributed by atoms with Gasteiger partial charge in [0.15, 0.2) is 0 Å². The number of carboxylic acids is 1. The van der Waals surface area contributed by atoms with Crippen LogP contribution < -0.4 is 5.32 Å². The first-order valence-electron chi connectivity index (χ1n) is 6.37. The van der Waals surface area contributed by atoms with Crippen molar-refractivity contribution in [3.8, 4) is 6.07 Å². The maximum absolute atomic E-state index is 12.2. The number of nitrogens with zero attached hydrogens (tertiary/aromatic N) is 2. The third kappa shape index (κ3) is 4.65. The predicted molar refractivity (Wildman–Crippen MR) is 79.5 cm³/mol. The molecule has 0 fully saturated rings. The van der Waals surface area contributed by atoms with Crippen LogP contribution in [0.1, 0.15) is 24.2 Å². The van der Waals surface area contributed by atoms with Crippen molar-refractivity contribution in [3.05, 3.63) is 28.8 Å². The van der Waals surface area contributed by atoms with E-state index in [-0.39, 0.29) is 23.7 Å². The summed E-state index contributed by atoms with van der Waals surface area (Å²) in [6, 6.07) is 5.73. The van der Waals surface area contributed by atoms with Gasteiger partial charge in [-0.15, -0.1) is 0 Å². The van der Waals surface area contributed by atoms with E-state index in [2.05, 4.69) is 11.4 Å². The first kappa shape index (κ1) is 16.8. The number of carboxylic acid groups (broad SMARTS) is 1. The standard InChI is InChI=1S/C14H16ClN3O3/c1-3-18(8-9(2)7-16)14(21)17-12-6-10(15)4-5-11(12)13(19)20/h4-6,9H,3,8H2,1-2H3,(H,17,21)(H,19,20). The summed E-state index contributed by atoms with van der Waals surface area (Å²) in [6.45, 7) is 4.15. The number of nitrogens with one attached hydrogen (secondary N) is 1. The zero-order valence-electron chi connectivity index (χ0n) is 11.8. The van der Waals surface area contributed by atoms with Gasteiger partial charge in [-0.2, -0.15) is 5.26 Å². The molecule has 0 aliphatic heterocycles. The SMILES string of the molecule is CCN(CC(C)C#N)C(=O)Nc1cc(Cl)ccc1C(=O)O. The van der Waals surface area contributed by atoms with Crippen LogP contribution in [0.15, 0.2) is 18.2 Å². The van der Waals surface area contributed by atoms with E-state index in [4.69, 9.17) is 22.0 Å². The van der Waals surface area contributed by atoms with Crippen LogP contribution in [0.25, 0.3) is 0 Å². The van der Waals surface area contributed by atoms with Gasteiger partial charge >= 0.3 is 12.0 Å². The molecule has 1 aromatic rings. The highest BCUT2D eigenvalue weighted by Gasteiger charge is 2.18. The zero-order valence-corrected chi connectivity index (χ0v) is 12.5. The van der Waals surface area contributed by atoms with E-state index in [1.165, 1.54) is 23.1 Å². The Balaban J connectivity index is 2.94. The molecule has 1 rings (SSSR count). The molecule has 0 heterocycles. The van der Waals surface area contributed by atoms with Crippen LogP contribution in [0.4, 0.5) is 10.5 Å².